The molecule has 37 heavy (non-hydrogen) atoms. The predicted molar refractivity (Wildman–Crippen MR) is 138 cm³/mol. The number of ether oxygens (including phenoxy) is 2. The van der Waals surface area contributed by atoms with Gasteiger partial charge in [0.15, 0.2) is 0 Å². The first-order valence-corrected chi connectivity index (χ1v) is 14.1. The van der Waals surface area contributed by atoms with Gasteiger partial charge >= 0.3 is 11.9 Å². The van der Waals surface area contributed by atoms with Crippen molar-refractivity contribution in [3.8, 4) is 0 Å². The average Bonchev–Trinajstić information content (AvgIpc) is 2.87. The largest absolute Gasteiger partial charge is 0.466 e. The van der Waals surface area contributed by atoms with Gasteiger partial charge < -0.3 is 14.8 Å². The van der Waals surface area contributed by atoms with Crippen LogP contribution in [0, 0.1) is 17.0 Å². The number of esters is 2. The lowest BCUT2D eigenvalue weighted by molar-refractivity contribution is -0.384. The number of benzene rings is 2. The zero-order valence-corrected chi connectivity index (χ0v) is 22.3. The van der Waals surface area contributed by atoms with Crippen molar-refractivity contribution in [1.29, 1.82) is 0 Å². The summed E-state index contributed by atoms with van der Waals surface area (Å²) in [4.78, 5) is 37.0. The van der Waals surface area contributed by atoms with E-state index in [-0.39, 0.29) is 45.3 Å². The van der Waals surface area contributed by atoms with Gasteiger partial charge in [0, 0.05) is 29.3 Å². The van der Waals surface area contributed by atoms with Gasteiger partial charge in [0.25, 0.3) is 5.69 Å². The van der Waals surface area contributed by atoms with Gasteiger partial charge in [0.2, 0.25) is 8.87 Å². The number of allylic oxidation sites excluding steroid dienone is 1. The maximum atomic E-state index is 13.1. The summed E-state index contributed by atoms with van der Waals surface area (Å²) < 4.78 is 36.2. The first kappa shape index (κ1) is 27.9. The van der Waals surface area contributed by atoms with Crippen molar-refractivity contribution in [3.05, 3.63) is 92.3 Å². The first-order valence-electron chi connectivity index (χ1n) is 11.2. The number of nitrogens with zero attached hydrogens (tertiary/aromatic N) is 1. The summed E-state index contributed by atoms with van der Waals surface area (Å²) >= 11 is 0. The van der Waals surface area contributed by atoms with Crippen LogP contribution in [-0.2, 0) is 27.9 Å². The SMILES string of the molecule is CCOC(=O)C1=C(C)NC(CSS(=O)(=O)c2ccc(C)cc2)=C(C(=O)OC)C1c1cccc([N+](=O)[O-])c1. The highest BCUT2D eigenvalue weighted by molar-refractivity contribution is 8.72. The minimum absolute atomic E-state index is 0.0387. The van der Waals surface area contributed by atoms with E-state index in [9.17, 15) is 28.1 Å². The molecule has 0 radical (unpaired) electrons. The van der Waals surface area contributed by atoms with Crippen LogP contribution in [-0.4, -0.2) is 44.7 Å². The Hall–Kier alpha value is -3.64. The van der Waals surface area contributed by atoms with E-state index in [0.29, 0.717) is 16.5 Å². The van der Waals surface area contributed by atoms with Gasteiger partial charge in [-0.3, -0.25) is 10.1 Å². The van der Waals surface area contributed by atoms with Gasteiger partial charge in [0.1, 0.15) is 0 Å². The molecule has 2 aromatic carbocycles. The van der Waals surface area contributed by atoms with Crippen molar-refractivity contribution >= 4 is 37.3 Å². The van der Waals surface area contributed by atoms with E-state index < -0.39 is 31.6 Å². The quantitative estimate of drug-likeness (QED) is 0.212. The molecule has 0 spiro atoms. The second-order valence-electron chi connectivity index (χ2n) is 8.08. The lowest BCUT2D eigenvalue weighted by Gasteiger charge is -2.31. The molecule has 0 saturated carbocycles. The smallest absolute Gasteiger partial charge is 0.336 e. The number of methoxy groups -OCH3 is 1. The van der Waals surface area contributed by atoms with Crippen LogP contribution < -0.4 is 5.32 Å². The highest BCUT2D eigenvalue weighted by Crippen LogP contribution is 2.41. The molecule has 1 unspecified atom stereocenters. The lowest BCUT2D eigenvalue weighted by atomic mass is 9.80. The number of hydrogen-bond donors (Lipinski definition) is 1. The molecule has 12 heteroatoms. The summed E-state index contributed by atoms with van der Waals surface area (Å²) in [6.45, 7) is 5.12. The van der Waals surface area contributed by atoms with E-state index in [1.165, 1.54) is 30.3 Å². The molecular formula is C25H26N2O8S2. The molecule has 3 rings (SSSR count). The highest BCUT2D eigenvalue weighted by Gasteiger charge is 2.39. The summed E-state index contributed by atoms with van der Waals surface area (Å²) in [5, 5.41) is 14.4. The Morgan fingerprint density at radius 3 is 2.35 bits per heavy atom. The number of carbonyl (C=O) groups excluding carboxylic acids is 2. The Labute approximate surface area is 218 Å². The van der Waals surface area contributed by atoms with E-state index in [0.717, 1.165) is 12.7 Å². The fourth-order valence-corrected chi connectivity index (χ4v) is 6.57. The Morgan fingerprint density at radius 2 is 1.76 bits per heavy atom. The first-order chi connectivity index (χ1) is 17.5. The monoisotopic (exact) mass is 546 g/mol. The number of rotatable bonds is 9. The van der Waals surface area contributed by atoms with E-state index in [4.69, 9.17) is 9.47 Å². The molecule has 0 aromatic heterocycles. The molecule has 0 bridgehead atoms. The molecule has 1 heterocycles. The van der Waals surface area contributed by atoms with Crippen LogP contribution in [0.3, 0.4) is 0 Å². The summed E-state index contributed by atoms with van der Waals surface area (Å²) in [7, 11) is -2.04. The standard InChI is InChI=1S/C25H26N2O8S2/c1-5-35-25(29)21-16(3)26-20(14-36-37(32,33)19-11-9-15(2)10-12-19)23(24(28)34-4)22(21)17-7-6-8-18(13-17)27(30)31/h6-13,22,26H,5,14H2,1-4H3. The van der Waals surface area contributed by atoms with Crippen molar-refractivity contribution in [2.75, 3.05) is 19.5 Å². The van der Waals surface area contributed by atoms with Gasteiger partial charge in [-0.25, -0.2) is 18.0 Å². The van der Waals surface area contributed by atoms with Crippen LogP contribution in [0.15, 0.2) is 76.0 Å². The van der Waals surface area contributed by atoms with Crippen molar-refractivity contribution in [2.45, 2.75) is 31.6 Å². The highest BCUT2D eigenvalue weighted by atomic mass is 33.1. The van der Waals surface area contributed by atoms with E-state index >= 15 is 0 Å². The number of aryl methyl sites for hydroxylation is 1. The average molecular weight is 547 g/mol. The maximum absolute atomic E-state index is 13.1. The van der Waals surface area contributed by atoms with Gasteiger partial charge in [0.05, 0.1) is 40.6 Å². The van der Waals surface area contributed by atoms with Crippen LogP contribution in [0.4, 0.5) is 5.69 Å². The number of dihydropyridines is 1. The fourth-order valence-electron chi connectivity index (χ4n) is 3.90. The van der Waals surface area contributed by atoms with E-state index in [1.807, 2.05) is 6.92 Å². The third kappa shape index (κ3) is 6.20. The molecule has 196 valence electrons. The summed E-state index contributed by atoms with van der Waals surface area (Å²) in [5.41, 5.74) is 1.50. The maximum Gasteiger partial charge on any atom is 0.336 e. The van der Waals surface area contributed by atoms with Gasteiger partial charge in [-0.15, -0.1) is 0 Å². The summed E-state index contributed by atoms with van der Waals surface area (Å²) in [5.74, 6) is -2.81. The Balaban J connectivity index is 2.14. The molecule has 0 fully saturated rings. The van der Waals surface area contributed by atoms with Gasteiger partial charge in [-0.2, -0.15) is 0 Å². The van der Waals surface area contributed by atoms with E-state index in [2.05, 4.69) is 5.32 Å². The molecule has 1 aliphatic rings. The van der Waals surface area contributed by atoms with Crippen molar-refractivity contribution < 1.29 is 32.4 Å². The molecule has 0 aliphatic carbocycles. The van der Waals surface area contributed by atoms with Crippen LogP contribution in [0.25, 0.3) is 0 Å². The lowest BCUT2D eigenvalue weighted by Crippen LogP contribution is -2.34. The number of nitro groups is 1. The predicted octanol–water partition coefficient (Wildman–Crippen LogP) is 3.98. The molecule has 1 atom stereocenters. The normalized spacial score (nSPS) is 15.7. The number of nitro benzene ring substituents is 1. The van der Waals surface area contributed by atoms with Crippen molar-refractivity contribution in [1.82, 2.24) is 5.32 Å². The van der Waals surface area contributed by atoms with Crippen LogP contribution in [0.1, 0.15) is 30.9 Å². The summed E-state index contributed by atoms with van der Waals surface area (Å²) in [6.07, 6.45) is 0. The Kier molecular flexibility index (Phi) is 8.77. The second-order valence-corrected chi connectivity index (χ2v) is 12.0. The third-order valence-corrected chi connectivity index (χ3v) is 9.06. The topological polar surface area (TPSA) is 142 Å². The number of hydrogen-bond acceptors (Lipinski definition) is 10. The number of non-ortho nitro benzene ring substituents is 1. The second kappa shape index (κ2) is 11.6. The minimum atomic E-state index is -3.79. The number of carbonyl (C=O) groups is 2. The van der Waals surface area contributed by atoms with Crippen LogP contribution in [0.5, 0.6) is 0 Å². The number of nitrogens with one attached hydrogen (secondary N) is 1. The van der Waals surface area contributed by atoms with Gasteiger partial charge in [-0.05, 0) is 49.3 Å². The van der Waals surface area contributed by atoms with Crippen LogP contribution in [0.2, 0.25) is 0 Å². The van der Waals surface area contributed by atoms with Gasteiger partial charge in [-0.1, -0.05) is 29.8 Å². The molecule has 0 amide bonds. The molecule has 2 aromatic rings. The van der Waals surface area contributed by atoms with Crippen molar-refractivity contribution in [3.63, 3.8) is 0 Å². The molecule has 0 saturated heterocycles. The third-order valence-electron chi connectivity index (χ3n) is 5.63. The molecule has 1 aliphatic heterocycles. The Bertz CT molecular complexity index is 1400. The summed E-state index contributed by atoms with van der Waals surface area (Å²) in [6, 6.07) is 11.9. The fraction of sp³-hybridized carbons (Fsp3) is 0.280. The zero-order chi connectivity index (χ0) is 27.3. The van der Waals surface area contributed by atoms with Crippen molar-refractivity contribution in [2.24, 2.45) is 0 Å². The molecule has 10 nitrogen and oxygen atoms in total. The zero-order valence-electron chi connectivity index (χ0n) is 20.6. The Morgan fingerprint density at radius 1 is 1.08 bits per heavy atom. The van der Waals surface area contributed by atoms with E-state index in [1.54, 1.807) is 32.0 Å². The minimum Gasteiger partial charge on any atom is -0.466 e. The molecule has 1 N–H and O–H groups in total. The van der Waals surface area contributed by atoms with Crippen LogP contribution >= 0.6 is 10.8 Å². The molecular weight excluding hydrogens is 520 g/mol.